The molecule has 0 aromatic carbocycles. The maximum atomic E-state index is 13.6. The van der Waals surface area contributed by atoms with Crippen LogP contribution in [0.3, 0.4) is 0 Å². The van der Waals surface area contributed by atoms with Crippen LogP contribution in [0.5, 0.6) is 5.88 Å². The summed E-state index contributed by atoms with van der Waals surface area (Å²) in [6.45, 7) is 4.37. The predicted octanol–water partition coefficient (Wildman–Crippen LogP) is 5.02. The van der Waals surface area contributed by atoms with Gasteiger partial charge in [-0.15, -0.1) is 0 Å². The second-order valence-corrected chi connectivity index (χ2v) is 12.3. The Morgan fingerprint density at radius 2 is 1.94 bits per heavy atom. The summed E-state index contributed by atoms with van der Waals surface area (Å²) in [7, 11) is -3.63. The Morgan fingerprint density at radius 1 is 1.21 bits per heavy atom. The van der Waals surface area contributed by atoms with Crippen LogP contribution in [-0.4, -0.2) is 40.9 Å². The Morgan fingerprint density at radius 3 is 2.58 bits per heavy atom. The summed E-state index contributed by atoms with van der Waals surface area (Å²) in [5.41, 5.74) is 1.38. The molecule has 3 aliphatic rings. The number of aromatic nitrogens is 2. The predicted molar refractivity (Wildman–Crippen MR) is 128 cm³/mol. The van der Waals surface area contributed by atoms with Crippen LogP contribution in [-0.2, 0) is 16.6 Å². The van der Waals surface area contributed by atoms with Crippen molar-refractivity contribution < 1.29 is 13.2 Å². The van der Waals surface area contributed by atoms with Crippen molar-refractivity contribution in [2.24, 2.45) is 5.41 Å². The molecule has 9 heteroatoms. The van der Waals surface area contributed by atoms with Crippen molar-refractivity contribution in [1.29, 1.82) is 0 Å². The van der Waals surface area contributed by atoms with E-state index in [9.17, 15) is 8.42 Å². The molecule has 1 aliphatic carbocycles. The third kappa shape index (κ3) is 4.70. The van der Waals surface area contributed by atoms with Crippen LogP contribution in [0.25, 0.3) is 0 Å². The molecule has 2 bridgehead atoms. The molecule has 7 nitrogen and oxygen atoms in total. The van der Waals surface area contributed by atoms with Crippen molar-refractivity contribution in [2.45, 2.75) is 88.4 Å². The first-order chi connectivity index (χ1) is 15.8. The van der Waals surface area contributed by atoms with E-state index in [0.29, 0.717) is 28.7 Å². The van der Waals surface area contributed by atoms with Crippen LogP contribution in [0.15, 0.2) is 35.5 Å². The van der Waals surface area contributed by atoms with E-state index in [1.165, 1.54) is 25.1 Å². The zero-order valence-electron chi connectivity index (χ0n) is 19.1. The topological polar surface area (TPSA) is 84.4 Å². The molecule has 2 aromatic heterocycles. The van der Waals surface area contributed by atoms with Gasteiger partial charge in [0.1, 0.15) is 10.7 Å². The van der Waals surface area contributed by atoms with Gasteiger partial charge in [-0.25, -0.2) is 18.4 Å². The van der Waals surface area contributed by atoms with E-state index in [-0.39, 0.29) is 23.1 Å². The van der Waals surface area contributed by atoms with Gasteiger partial charge in [-0.05, 0) is 75.5 Å². The SMILES string of the molecule is CC(C)Oc1cc(CNc2ncc(S(=O)(=O)N3C4CCCC3CC3(CC3)C4)cc2Cl)ccn1. The molecule has 2 atom stereocenters. The molecule has 2 aromatic rings. The maximum Gasteiger partial charge on any atom is 0.245 e. The quantitative estimate of drug-likeness (QED) is 0.587. The van der Waals surface area contributed by atoms with Crippen molar-refractivity contribution in [2.75, 3.05) is 5.32 Å². The lowest BCUT2D eigenvalue weighted by molar-refractivity contribution is 0.0759. The van der Waals surface area contributed by atoms with Crippen molar-refractivity contribution in [3.05, 3.63) is 41.2 Å². The zero-order chi connectivity index (χ0) is 23.2. The monoisotopic (exact) mass is 490 g/mol. The number of hydrogen-bond acceptors (Lipinski definition) is 6. The summed E-state index contributed by atoms with van der Waals surface area (Å²) in [5, 5.41) is 3.49. The maximum absolute atomic E-state index is 13.6. The molecule has 1 N–H and O–H groups in total. The van der Waals surface area contributed by atoms with Crippen molar-refractivity contribution in [3.63, 3.8) is 0 Å². The van der Waals surface area contributed by atoms with E-state index in [1.54, 1.807) is 10.5 Å². The van der Waals surface area contributed by atoms with Gasteiger partial charge < -0.3 is 10.1 Å². The molecule has 178 valence electrons. The third-order valence-electron chi connectivity index (χ3n) is 7.10. The summed E-state index contributed by atoms with van der Waals surface area (Å²) < 4.78 is 34.6. The van der Waals surface area contributed by atoms with Gasteiger partial charge in [-0.2, -0.15) is 4.31 Å². The number of fused-ring (bicyclic) bond motifs is 2. The first-order valence-electron chi connectivity index (χ1n) is 11.8. The number of rotatable bonds is 7. The molecule has 2 aliphatic heterocycles. The molecule has 1 saturated carbocycles. The first kappa shape index (κ1) is 22.9. The fourth-order valence-corrected chi connectivity index (χ4v) is 7.59. The van der Waals surface area contributed by atoms with E-state index >= 15 is 0 Å². The minimum absolute atomic E-state index is 0.0422. The minimum atomic E-state index is -3.63. The van der Waals surface area contributed by atoms with Crippen molar-refractivity contribution in [3.8, 4) is 5.88 Å². The van der Waals surface area contributed by atoms with Crippen LogP contribution in [0.1, 0.15) is 64.4 Å². The molecular weight excluding hydrogens is 460 g/mol. The Labute approximate surface area is 201 Å². The fraction of sp³-hybridized carbons (Fsp3) is 0.583. The summed E-state index contributed by atoms with van der Waals surface area (Å²) in [6, 6.07) is 5.49. The third-order valence-corrected chi connectivity index (χ3v) is 9.35. The lowest BCUT2D eigenvalue weighted by atomic mass is 9.78. The second kappa shape index (κ2) is 8.71. The van der Waals surface area contributed by atoms with Crippen molar-refractivity contribution >= 4 is 27.4 Å². The van der Waals surface area contributed by atoms with Gasteiger partial charge in [0.05, 0.1) is 11.1 Å². The lowest BCUT2D eigenvalue weighted by Gasteiger charge is -2.48. The Hall–Kier alpha value is -1.90. The van der Waals surface area contributed by atoms with E-state index in [1.807, 2.05) is 26.0 Å². The Balaban J connectivity index is 1.30. The molecule has 5 rings (SSSR count). The van der Waals surface area contributed by atoms with Gasteiger partial charge in [0.25, 0.3) is 0 Å². The standard InChI is InChI=1S/C24H31ClN4O3S/c1-16(2)32-22-10-17(6-9-26-22)14-27-23-21(25)11-20(15-28-23)33(30,31)29-18-4-3-5-19(29)13-24(12-18)7-8-24/h6,9-11,15-16,18-19H,3-5,7-8,12-14H2,1-2H3,(H,27,28). The highest BCUT2D eigenvalue weighted by Gasteiger charge is 2.55. The van der Waals surface area contributed by atoms with Gasteiger partial charge in [0, 0.05) is 37.1 Å². The normalized spacial score (nSPS) is 24.1. The van der Waals surface area contributed by atoms with Gasteiger partial charge >= 0.3 is 0 Å². The average Bonchev–Trinajstić information content (AvgIpc) is 3.50. The van der Waals surface area contributed by atoms with Crippen molar-refractivity contribution in [1.82, 2.24) is 14.3 Å². The van der Waals surface area contributed by atoms with E-state index in [4.69, 9.17) is 16.3 Å². The number of nitrogens with zero attached hydrogens (tertiary/aromatic N) is 3. The highest BCUT2D eigenvalue weighted by molar-refractivity contribution is 7.89. The molecular formula is C24H31ClN4O3S. The molecule has 33 heavy (non-hydrogen) atoms. The van der Waals surface area contributed by atoms with Gasteiger partial charge in [0.2, 0.25) is 15.9 Å². The largest absolute Gasteiger partial charge is 0.475 e. The fourth-order valence-electron chi connectivity index (χ4n) is 5.45. The number of piperidine rings is 2. The van der Waals surface area contributed by atoms with E-state index in [0.717, 1.165) is 37.7 Å². The average molecular weight is 491 g/mol. The highest BCUT2D eigenvalue weighted by Crippen LogP contribution is 2.59. The van der Waals surface area contributed by atoms with Crippen LogP contribution < -0.4 is 10.1 Å². The molecule has 0 amide bonds. The lowest BCUT2D eigenvalue weighted by Crippen LogP contribution is -2.55. The molecule has 4 heterocycles. The second-order valence-electron chi connectivity index (χ2n) is 10.0. The van der Waals surface area contributed by atoms with Gasteiger partial charge in [-0.1, -0.05) is 18.0 Å². The number of nitrogens with one attached hydrogen (secondary N) is 1. The Kier molecular flexibility index (Phi) is 6.04. The molecule has 1 spiro atoms. The van der Waals surface area contributed by atoms with Crippen LogP contribution in [0.4, 0.5) is 5.82 Å². The minimum Gasteiger partial charge on any atom is -0.475 e. The number of halogens is 1. The van der Waals surface area contributed by atoms with Crippen LogP contribution in [0.2, 0.25) is 5.02 Å². The molecule has 2 saturated heterocycles. The summed E-state index contributed by atoms with van der Waals surface area (Å²) >= 11 is 6.47. The van der Waals surface area contributed by atoms with E-state index < -0.39 is 10.0 Å². The van der Waals surface area contributed by atoms with Crippen LogP contribution >= 0.6 is 11.6 Å². The summed E-state index contributed by atoms with van der Waals surface area (Å²) in [4.78, 5) is 8.75. The zero-order valence-corrected chi connectivity index (χ0v) is 20.7. The Bertz CT molecular complexity index is 1120. The molecule has 0 radical (unpaired) electrons. The smallest absolute Gasteiger partial charge is 0.245 e. The number of ether oxygens (including phenoxy) is 1. The summed E-state index contributed by atoms with van der Waals surface area (Å²) in [5.74, 6) is 1.01. The highest BCUT2D eigenvalue weighted by atomic mass is 35.5. The molecule has 3 fully saturated rings. The number of sulfonamides is 1. The number of anilines is 1. The summed E-state index contributed by atoms with van der Waals surface area (Å²) in [6.07, 6.45) is 10.7. The number of pyridine rings is 2. The first-order valence-corrected chi connectivity index (χ1v) is 13.6. The number of hydrogen-bond donors (Lipinski definition) is 1. The van der Waals surface area contributed by atoms with E-state index in [2.05, 4.69) is 15.3 Å². The molecule has 2 unspecified atom stereocenters. The van der Waals surface area contributed by atoms with Crippen LogP contribution in [0, 0.1) is 5.41 Å². The van der Waals surface area contributed by atoms with Gasteiger partial charge in [0.15, 0.2) is 0 Å². The van der Waals surface area contributed by atoms with Gasteiger partial charge in [-0.3, -0.25) is 0 Å².